The average Bonchev–Trinajstić information content (AvgIpc) is 2.69. The van der Waals surface area contributed by atoms with Gasteiger partial charge in [0, 0.05) is 9.75 Å². The predicted molar refractivity (Wildman–Crippen MR) is 78.3 cm³/mol. The Labute approximate surface area is 116 Å². The summed E-state index contributed by atoms with van der Waals surface area (Å²) in [5.41, 5.74) is 8.63. The van der Waals surface area contributed by atoms with E-state index in [-0.39, 0.29) is 5.91 Å². The summed E-state index contributed by atoms with van der Waals surface area (Å²) >= 11 is 1.70. The molecule has 5 heteroatoms. The van der Waals surface area contributed by atoms with Crippen molar-refractivity contribution in [2.24, 2.45) is 0 Å². The van der Waals surface area contributed by atoms with Crippen LogP contribution in [0.15, 0.2) is 18.3 Å². The van der Waals surface area contributed by atoms with Gasteiger partial charge < -0.3 is 11.1 Å². The second kappa shape index (κ2) is 5.40. The largest absolute Gasteiger partial charge is 0.397 e. The third kappa shape index (κ3) is 3.12. The molecule has 0 unspecified atom stereocenters. The molecule has 0 saturated carbocycles. The maximum absolute atomic E-state index is 12.1. The second-order valence-electron chi connectivity index (χ2n) is 4.54. The van der Waals surface area contributed by atoms with Gasteiger partial charge in [-0.1, -0.05) is 0 Å². The van der Waals surface area contributed by atoms with Crippen LogP contribution in [0, 0.1) is 20.8 Å². The van der Waals surface area contributed by atoms with Gasteiger partial charge in [0.15, 0.2) is 0 Å². The van der Waals surface area contributed by atoms with Gasteiger partial charge in [0.2, 0.25) is 0 Å². The van der Waals surface area contributed by atoms with E-state index >= 15 is 0 Å². The van der Waals surface area contributed by atoms with Gasteiger partial charge in [-0.15, -0.1) is 11.3 Å². The number of rotatable bonds is 3. The summed E-state index contributed by atoms with van der Waals surface area (Å²) in [6.07, 6.45) is 1.55. The monoisotopic (exact) mass is 275 g/mol. The van der Waals surface area contributed by atoms with Gasteiger partial charge in [-0.05, 0) is 38.5 Å². The van der Waals surface area contributed by atoms with Crippen LogP contribution >= 0.6 is 11.3 Å². The first kappa shape index (κ1) is 13.5. The first-order valence-electron chi connectivity index (χ1n) is 6.03. The molecule has 0 atom stereocenters. The minimum absolute atomic E-state index is 0.138. The number of nitrogen functional groups attached to an aromatic ring is 1. The summed E-state index contributed by atoms with van der Waals surface area (Å²) in [5, 5.41) is 2.90. The van der Waals surface area contributed by atoms with E-state index in [9.17, 15) is 4.79 Å². The quantitative estimate of drug-likeness (QED) is 0.904. The summed E-state index contributed by atoms with van der Waals surface area (Å²) in [4.78, 5) is 18.6. The summed E-state index contributed by atoms with van der Waals surface area (Å²) in [5.74, 6) is -0.138. The van der Waals surface area contributed by atoms with Crippen LogP contribution in [-0.4, -0.2) is 10.9 Å². The molecule has 0 aliphatic heterocycles. The van der Waals surface area contributed by atoms with Gasteiger partial charge in [0.1, 0.15) is 0 Å². The van der Waals surface area contributed by atoms with E-state index in [4.69, 9.17) is 5.73 Å². The first-order valence-corrected chi connectivity index (χ1v) is 6.85. The molecule has 0 bridgehead atoms. The Morgan fingerprint density at radius 2 is 2.11 bits per heavy atom. The van der Waals surface area contributed by atoms with E-state index in [2.05, 4.69) is 30.2 Å². The molecule has 2 rings (SSSR count). The van der Waals surface area contributed by atoms with E-state index in [0.29, 0.717) is 23.5 Å². The zero-order valence-corrected chi connectivity index (χ0v) is 12.1. The van der Waals surface area contributed by atoms with Crippen molar-refractivity contribution in [3.63, 3.8) is 0 Å². The minimum atomic E-state index is -0.138. The third-order valence-electron chi connectivity index (χ3n) is 2.99. The number of amides is 1. The molecule has 2 aromatic rings. The number of thiophene rings is 1. The van der Waals surface area contributed by atoms with Gasteiger partial charge in [-0.2, -0.15) is 0 Å². The number of hydrogen-bond donors (Lipinski definition) is 2. The fraction of sp³-hybridized carbons (Fsp3) is 0.286. The summed E-state index contributed by atoms with van der Waals surface area (Å²) < 4.78 is 0. The number of hydrogen-bond acceptors (Lipinski definition) is 4. The van der Waals surface area contributed by atoms with Crippen LogP contribution in [0.3, 0.4) is 0 Å². The molecule has 0 saturated heterocycles. The lowest BCUT2D eigenvalue weighted by molar-refractivity contribution is 0.0950. The highest BCUT2D eigenvalue weighted by Crippen LogP contribution is 2.20. The molecule has 0 aromatic carbocycles. The Bertz CT molecular complexity index is 600. The standard InChI is InChI=1S/C14H17N3OS/c1-8-4-12(19-10(8)3)7-17-14(18)13-5-11(15)6-16-9(13)2/h4-6H,7,15H2,1-3H3,(H,17,18). The molecule has 2 heterocycles. The van der Waals surface area contributed by atoms with E-state index in [1.807, 2.05) is 0 Å². The van der Waals surface area contributed by atoms with Crippen molar-refractivity contribution in [2.75, 3.05) is 5.73 Å². The first-order chi connectivity index (χ1) is 8.97. The van der Waals surface area contributed by atoms with Crippen molar-refractivity contribution in [3.8, 4) is 0 Å². The van der Waals surface area contributed by atoms with E-state index in [1.165, 1.54) is 10.4 Å². The molecule has 0 fully saturated rings. The Balaban J connectivity index is 2.07. The van der Waals surface area contributed by atoms with Crippen molar-refractivity contribution < 1.29 is 4.79 Å². The number of nitrogens with zero attached hydrogens (tertiary/aromatic N) is 1. The highest BCUT2D eigenvalue weighted by atomic mass is 32.1. The molecule has 0 aliphatic carbocycles. The second-order valence-corrected chi connectivity index (χ2v) is 5.88. The SMILES string of the molecule is Cc1cc(CNC(=O)c2cc(N)cnc2C)sc1C. The molecule has 2 aromatic heterocycles. The molecule has 19 heavy (non-hydrogen) atoms. The molecular weight excluding hydrogens is 258 g/mol. The summed E-state index contributed by atoms with van der Waals surface area (Å²) in [6.45, 7) is 6.49. The Hall–Kier alpha value is -1.88. The fourth-order valence-electron chi connectivity index (χ4n) is 1.78. The number of carbonyl (C=O) groups is 1. The van der Waals surface area contributed by atoms with E-state index < -0.39 is 0 Å². The lowest BCUT2D eigenvalue weighted by Gasteiger charge is -2.06. The zero-order chi connectivity index (χ0) is 14.0. The van der Waals surface area contributed by atoms with Crippen molar-refractivity contribution in [3.05, 3.63) is 44.9 Å². The van der Waals surface area contributed by atoms with Crippen LogP contribution in [0.4, 0.5) is 5.69 Å². The van der Waals surface area contributed by atoms with Gasteiger partial charge in [0.25, 0.3) is 5.91 Å². The summed E-state index contributed by atoms with van der Waals surface area (Å²) in [6, 6.07) is 3.76. The van der Waals surface area contributed by atoms with Crippen molar-refractivity contribution in [2.45, 2.75) is 27.3 Å². The lowest BCUT2D eigenvalue weighted by atomic mass is 10.2. The number of aromatic nitrogens is 1. The van der Waals surface area contributed by atoms with E-state index in [1.54, 1.807) is 30.5 Å². The molecule has 0 spiro atoms. The number of nitrogens with one attached hydrogen (secondary N) is 1. The Kier molecular flexibility index (Phi) is 3.85. The lowest BCUT2D eigenvalue weighted by Crippen LogP contribution is -2.23. The molecule has 0 radical (unpaired) electrons. The predicted octanol–water partition coefficient (Wildman–Crippen LogP) is 2.58. The van der Waals surface area contributed by atoms with Crippen LogP contribution in [-0.2, 0) is 6.54 Å². The average molecular weight is 275 g/mol. The van der Waals surface area contributed by atoms with Gasteiger partial charge in [0.05, 0.1) is 29.7 Å². The molecule has 3 N–H and O–H groups in total. The minimum Gasteiger partial charge on any atom is -0.397 e. The Morgan fingerprint density at radius 1 is 1.37 bits per heavy atom. The van der Waals surface area contributed by atoms with E-state index in [0.717, 1.165) is 4.88 Å². The van der Waals surface area contributed by atoms with Crippen LogP contribution in [0.2, 0.25) is 0 Å². The molecule has 4 nitrogen and oxygen atoms in total. The number of aryl methyl sites for hydroxylation is 3. The highest BCUT2D eigenvalue weighted by molar-refractivity contribution is 7.12. The number of carbonyl (C=O) groups excluding carboxylic acids is 1. The smallest absolute Gasteiger partial charge is 0.253 e. The normalized spacial score (nSPS) is 10.5. The maximum atomic E-state index is 12.1. The van der Waals surface area contributed by atoms with Crippen LogP contribution < -0.4 is 11.1 Å². The van der Waals surface area contributed by atoms with Crippen LogP contribution in [0.5, 0.6) is 0 Å². The highest BCUT2D eigenvalue weighted by Gasteiger charge is 2.11. The van der Waals surface area contributed by atoms with Gasteiger partial charge in [-0.3, -0.25) is 9.78 Å². The van der Waals surface area contributed by atoms with Gasteiger partial charge >= 0.3 is 0 Å². The fourth-order valence-corrected chi connectivity index (χ4v) is 2.77. The Morgan fingerprint density at radius 3 is 2.74 bits per heavy atom. The molecule has 0 aliphatic rings. The third-order valence-corrected chi connectivity index (χ3v) is 4.15. The van der Waals surface area contributed by atoms with Crippen LogP contribution in [0.25, 0.3) is 0 Å². The van der Waals surface area contributed by atoms with Gasteiger partial charge in [-0.25, -0.2) is 0 Å². The van der Waals surface area contributed by atoms with Crippen molar-refractivity contribution in [1.29, 1.82) is 0 Å². The summed E-state index contributed by atoms with van der Waals surface area (Å²) in [7, 11) is 0. The van der Waals surface area contributed by atoms with Crippen molar-refractivity contribution >= 4 is 22.9 Å². The maximum Gasteiger partial charge on any atom is 0.253 e. The molecule has 100 valence electrons. The number of nitrogens with two attached hydrogens (primary N) is 1. The topological polar surface area (TPSA) is 68.0 Å². The molecular formula is C14H17N3OS. The number of anilines is 1. The van der Waals surface area contributed by atoms with Crippen molar-refractivity contribution in [1.82, 2.24) is 10.3 Å². The zero-order valence-electron chi connectivity index (χ0n) is 11.3. The molecule has 1 amide bonds. The van der Waals surface area contributed by atoms with Crippen LogP contribution in [0.1, 0.15) is 31.4 Å². The number of pyridine rings is 1.